The summed E-state index contributed by atoms with van der Waals surface area (Å²) in [5.41, 5.74) is 2.09. The van der Waals surface area contributed by atoms with Gasteiger partial charge in [0.15, 0.2) is 5.88 Å². The van der Waals surface area contributed by atoms with Crippen LogP contribution >= 0.6 is 11.6 Å². The molecule has 1 fully saturated rings. The van der Waals surface area contributed by atoms with E-state index < -0.39 is 14.4 Å². The number of hydrogen-bond acceptors (Lipinski definition) is 4. The third-order valence-corrected chi connectivity index (χ3v) is 14.0. The molecule has 1 amide bonds. The maximum atomic E-state index is 12.6. The highest BCUT2D eigenvalue weighted by molar-refractivity contribution is 6.99. The van der Waals surface area contributed by atoms with Crippen LogP contribution in [0.4, 0.5) is 4.79 Å². The third kappa shape index (κ3) is 7.36. The van der Waals surface area contributed by atoms with Crippen LogP contribution in [0.15, 0.2) is 127 Å². The van der Waals surface area contributed by atoms with E-state index in [0.717, 1.165) is 18.4 Å². The molecular formula is C38H42ClNO4Si. The molecule has 234 valence electrons. The number of halogens is 1. The molecule has 45 heavy (non-hydrogen) atoms. The molecule has 7 heteroatoms. The molecule has 0 aromatic heterocycles. The first-order valence-corrected chi connectivity index (χ1v) is 17.9. The van der Waals surface area contributed by atoms with Gasteiger partial charge < -0.3 is 14.3 Å². The lowest BCUT2D eigenvalue weighted by Crippen LogP contribution is -2.66. The van der Waals surface area contributed by atoms with Gasteiger partial charge >= 0.3 is 6.09 Å². The van der Waals surface area contributed by atoms with E-state index in [1.54, 1.807) is 6.08 Å². The van der Waals surface area contributed by atoms with Crippen LogP contribution in [0.3, 0.4) is 0 Å². The normalized spacial score (nSPS) is 16.4. The van der Waals surface area contributed by atoms with Crippen molar-refractivity contribution < 1.29 is 19.1 Å². The maximum Gasteiger partial charge on any atom is 0.417 e. The van der Waals surface area contributed by atoms with E-state index in [9.17, 15) is 9.90 Å². The van der Waals surface area contributed by atoms with E-state index in [-0.39, 0.29) is 29.5 Å². The Labute approximate surface area is 273 Å². The highest BCUT2D eigenvalue weighted by Gasteiger charge is 2.50. The van der Waals surface area contributed by atoms with E-state index in [2.05, 4.69) is 93.6 Å². The van der Waals surface area contributed by atoms with Crippen LogP contribution in [0.5, 0.6) is 0 Å². The summed E-state index contributed by atoms with van der Waals surface area (Å²) in [6.07, 6.45) is 3.32. The number of aliphatic hydroxyl groups is 1. The van der Waals surface area contributed by atoms with Gasteiger partial charge in [0.2, 0.25) is 0 Å². The maximum absolute atomic E-state index is 12.6. The first kappa shape index (κ1) is 32.5. The second kappa shape index (κ2) is 14.5. The van der Waals surface area contributed by atoms with Crippen molar-refractivity contribution >= 4 is 36.4 Å². The molecule has 2 atom stereocenters. The topological polar surface area (TPSA) is 59.0 Å². The average molecular weight is 640 g/mol. The van der Waals surface area contributed by atoms with Crippen molar-refractivity contribution in [3.63, 3.8) is 0 Å². The van der Waals surface area contributed by atoms with Gasteiger partial charge in [0, 0.05) is 11.6 Å². The van der Waals surface area contributed by atoms with Gasteiger partial charge in [-0.1, -0.05) is 136 Å². The number of aliphatic hydroxyl groups excluding tert-OH is 1. The summed E-state index contributed by atoms with van der Waals surface area (Å²) in [5.74, 6) is 0.0738. The number of cyclic esters (lactones) is 1. The monoisotopic (exact) mass is 639 g/mol. The summed E-state index contributed by atoms with van der Waals surface area (Å²) in [6.45, 7) is 7.64. The first-order valence-electron chi connectivity index (χ1n) is 15.6. The van der Waals surface area contributed by atoms with Gasteiger partial charge in [0.1, 0.15) is 12.6 Å². The molecule has 4 aromatic carbocycles. The lowest BCUT2D eigenvalue weighted by atomic mass is 9.91. The number of carbonyl (C=O) groups is 1. The minimum absolute atomic E-state index is 0.0789. The van der Waals surface area contributed by atoms with Crippen molar-refractivity contribution in [1.29, 1.82) is 0 Å². The Kier molecular flexibility index (Phi) is 10.5. The van der Waals surface area contributed by atoms with Gasteiger partial charge in [-0.05, 0) is 69.9 Å². The van der Waals surface area contributed by atoms with E-state index >= 15 is 0 Å². The van der Waals surface area contributed by atoms with E-state index in [0.29, 0.717) is 18.1 Å². The van der Waals surface area contributed by atoms with Crippen molar-refractivity contribution in [3.8, 4) is 0 Å². The molecule has 1 saturated heterocycles. The summed E-state index contributed by atoms with van der Waals surface area (Å²) < 4.78 is 12.5. The Morgan fingerprint density at radius 1 is 0.911 bits per heavy atom. The standard InChI is InChI=1S/C38H42ClNO4Si/c1-38(2,3)45(33-17-9-5-10-18-33,34-19-11-6-12-20-34)44-27-26-29(30-22-24-32(39)25-23-30)16-13-21-36(41)40-35(28-43-37(40)42)31-14-7-4-8-15-31/h4-12,14-15,17-25,29,35,41H,13,16,26-28H2,1-3H3/b36-21+/t29-,35-/m1/s1. The first-order chi connectivity index (χ1) is 21.7. The molecule has 1 N–H and O–H groups in total. The predicted octanol–water partition coefficient (Wildman–Crippen LogP) is 8.76. The summed E-state index contributed by atoms with van der Waals surface area (Å²) in [4.78, 5) is 13.9. The molecule has 0 aliphatic carbocycles. The van der Waals surface area contributed by atoms with Gasteiger partial charge in [0.05, 0.1) is 0 Å². The summed E-state index contributed by atoms with van der Waals surface area (Å²) in [7, 11) is -2.67. The number of benzene rings is 4. The van der Waals surface area contributed by atoms with Gasteiger partial charge in [-0.15, -0.1) is 0 Å². The van der Waals surface area contributed by atoms with Crippen molar-refractivity contribution in [2.75, 3.05) is 13.2 Å². The van der Waals surface area contributed by atoms with Gasteiger partial charge in [-0.25, -0.2) is 9.69 Å². The molecule has 1 aliphatic rings. The van der Waals surface area contributed by atoms with Crippen LogP contribution < -0.4 is 10.4 Å². The Hall–Kier alpha value is -3.84. The highest BCUT2D eigenvalue weighted by Crippen LogP contribution is 2.38. The van der Waals surface area contributed by atoms with Crippen molar-refractivity contribution in [2.24, 2.45) is 0 Å². The number of carbonyl (C=O) groups excluding carboxylic acids is 1. The number of nitrogens with zero attached hydrogens (tertiary/aromatic N) is 1. The highest BCUT2D eigenvalue weighted by atomic mass is 35.5. The molecule has 0 bridgehead atoms. The third-order valence-electron chi connectivity index (χ3n) is 8.69. The minimum atomic E-state index is -2.67. The average Bonchev–Trinajstić information content (AvgIpc) is 3.44. The Balaban J connectivity index is 1.36. The van der Waals surface area contributed by atoms with Gasteiger partial charge in [-0.3, -0.25) is 0 Å². The zero-order valence-corrected chi connectivity index (χ0v) is 28.0. The fraction of sp³-hybridized carbons (Fsp3) is 0.289. The molecule has 0 unspecified atom stereocenters. The quantitative estimate of drug-likeness (QED) is 0.124. The van der Waals surface area contributed by atoms with Gasteiger partial charge in [0.25, 0.3) is 8.32 Å². The zero-order valence-electron chi connectivity index (χ0n) is 26.2. The number of rotatable bonds is 12. The smallest absolute Gasteiger partial charge is 0.417 e. The van der Waals surface area contributed by atoms with Crippen molar-refractivity contribution in [1.82, 2.24) is 4.90 Å². The fourth-order valence-electron chi connectivity index (χ4n) is 6.44. The van der Waals surface area contributed by atoms with Crippen LogP contribution in [0.25, 0.3) is 0 Å². The number of amides is 1. The zero-order chi connectivity index (χ0) is 31.9. The molecule has 5 nitrogen and oxygen atoms in total. The van der Waals surface area contributed by atoms with Crippen molar-refractivity contribution in [2.45, 2.75) is 57.0 Å². The van der Waals surface area contributed by atoms with E-state index in [4.69, 9.17) is 20.8 Å². The van der Waals surface area contributed by atoms with E-state index in [1.807, 2.05) is 42.5 Å². The van der Waals surface area contributed by atoms with Crippen molar-refractivity contribution in [3.05, 3.63) is 143 Å². The minimum Gasteiger partial charge on any atom is -0.495 e. The van der Waals surface area contributed by atoms with Crippen LogP contribution in [0.1, 0.15) is 63.1 Å². The lowest BCUT2D eigenvalue weighted by molar-refractivity contribution is 0.149. The summed E-state index contributed by atoms with van der Waals surface area (Å²) >= 11 is 6.25. The van der Waals surface area contributed by atoms with Gasteiger partial charge in [-0.2, -0.15) is 0 Å². The largest absolute Gasteiger partial charge is 0.495 e. The number of ether oxygens (including phenoxy) is 1. The second-order valence-corrected chi connectivity index (χ2v) is 17.3. The molecule has 0 spiro atoms. The second-order valence-electron chi connectivity index (χ2n) is 12.6. The number of hydrogen-bond donors (Lipinski definition) is 1. The molecule has 0 saturated carbocycles. The van der Waals surface area contributed by atoms with Crippen LogP contribution in [-0.2, 0) is 9.16 Å². The fourth-order valence-corrected chi connectivity index (χ4v) is 11.1. The predicted molar refractivity (Wildman–Crippen MR) is 185 cm³/mol. The Morgan fingerprint density at radius 3 is 2.02 bits per heavy atom. The Bertz CT molecular complexity index is 1520. The summed E-state index contributed by atoms with van der Waals surface area (Å²) in [5, 5.41) is 14.1. The lowest BCUT2D eigenvalue weighted by Gasteiger charge is -2.43. The van der Waals surface area contributed by atoms with Crippen LogP contribution in [0, 0.1) is 0 Å². The van der Waals surface area contributed by atoms with Crippen LogP contribution in [0.2, 0.25) is 10.1 Å². The van der Waals surface area contributed by atoms with E-state index in [1.165, 1.54) is 20.8 Å². The molecule has 5 rings (SSSR count). The molecule has 0 radical (unpaired) electrons. The number of allylic oxidation sites excluding steroid dienone is 1. The molecule has 4 aromatic rings. The summed E-state index contributed by atoms with van der Waals surface area (Å²) in [6, 6.07) is 38.6. The molecule has 1 aliphatic heterocycles. The molecular weight excluding hydrogens is 598 g/mol. The molecule has 1 heterocycles. The van der Waals surface area contributed by atoms with Crippen LogP contribution in [-0.4, -0.2) is 37.6 Å². The Morgan fingerprint density at radius 2 is 1.47 bits per heavy atom. The SMILES string of the molecule is CC(C)(C)[Si](OCC[C@@H](CC/C=C(/O)N1C(=O)OC[C@@H]1c1ccccc1)c1ccc(Cl)cc1)(c1ccccc1)c1ccccc1.